The zero-order chi connectivity index (χ0) is 16.5. The summed E-state index contributed by atoms with van der Waals surface area (Å²) >= 11 is 0. The van der Waals surface area contributed by atoms with E-state index in [2.05, 4.69) is 19.4 Å². The summed E-state index contributed by atoms with van der Waals surface area (Å²) in [5.41, 5.74) is 2.93. The van der Waals surface area contributed by atoms with Crippen LogP contribution >= 0.6 is 0 Å². The topological polar surface area (TPSA) is 63.4 Å². The summed E-state index contributed by atoms with van der Waals surface area (Å²) in [4.78, 5) is 27.2. The fourth-order valence-electron chi connectivity index (χ4n) is 3.48. The number of pyridine rings is 1. The van der Waals surface area contributed by atoms with Gasteiger partial charge >= 0.3 is 0 Å². The Labute approximate surface area is 140 Å². The maximum Gasteiger partial charge on any atom is 0.253 e. The summed E-state index contributed by atoms with van der Waals surface area (Å²) < 4.78 is 2.18. The summed E-state index contributed by atoms with van der Waals surface area (Å²) in [5, 5.41) is 0. The highest BCUT2D eigenvalue weighted by Crippen LogP contribution is 2.29. The molecule has 0 atom stereocenters. The van der Waals surface area contributed by atoms with Crippen LogP contribution in [0.5, 0.6) is 0 Å². The lowest BCUT2D eigenvalue weighted by atomic mass is 9.93. The zero-order valence-corrected chi connectivity index (χ0v) is 13.6. The van der Waals surface area contributed by atoms with Crippen LogP contribution in [0.2, 0.25) is 0 Å². The molecular weight excluding hydrogens is 302 g/mol. The molecule has 1 aliphatic rings. The lowest BCUT2D eigenvalue weighted by Crippen LogP contribution is -2.38. The third-order valence-corrected chi connectivity index (χ3v) is 4.76. The first-order valence-electron chi connectivity index (χ1n) is 8.21. The Hall–Kier alpha value is -2.76. The van der Waals surface area contributed by atoms with Crippen LogP contribution in [0, 0.1) is 6.92 Å². The molecule has 4 rings (SSSR count). The normalized spacial score (nSPS) is 15.8. The van der Waals surface area contributed by atoms with Gasteiger partial charge in [-0.15, -0.1) is 0 Å². The van der Waals surface area contributed by atoms with E-state index in [1.165, 1.54) is 5.69 Å². The van der Waals surface area contributed by atoms with Crippen molar-refractivity contribution < 1.29 is 4.79 Å². The van der Waals surface area contributed by atoms with Crippen molar-refractivity contribution >= 4 is 11.4 Å². The predicted octanol–water partition coefficient (Wildman–Crippen LogP) is 2.45. The maximum absolute atomic E-state index is 12.5. The molecule has 1 fully saturated rings. The number of piperidine rings is 1. The van der Waals surface area contributed by atoms with E-state index in [-0.39, 0.29) is 5.91 Å². The third kappa shape index (κ3) is 2.54. The Bertz CT molecular complexity index is 866. The number of aromatic nitrogens is 4. The van der Waals surface area contributed by atoms with Gasteiger partial charge in [0.2, 0.25) is 0 Å². The van der Waals surface area contributed by atoms with E-state index in [0.717, 1.165) is 37.3 Å². The molecule has 1 aliphatic heterocycles. The molecule has 3 aromatic heterocycles. The van der Waals surface area contributed by atoms with Crippen LogP contribution in [0.4, 0.5) is 0 Å². The zero-order valence-electron chi connectivity index (χ0n) is 13.6. The summed E-state index contributed by atoms with van der Waals surface area (Å²) in [6, 6.07) is 3.54. The van der Waals surface area contributed by atoms with E-state index in [4.69, 9.17) is 0 Å². The Morgan fingerprint density at radius 3 is 2.58 bits per heavy atom. The van der Waals surface area contributed by atoms with E-state index in [1.807, 2.05) is 30.4 Å². The lowest BCUT2D eigenvalue weighted by molar-refractivity contribution is 0.0711. The quantitative estimate of drug-likeness (QED) is 0.727. The first-order valence-corrected chi connectivity index (χ1v) is 8.21. The number of imidazole rings is 1. The number of fused-ring (bicyclic) bond motifs is 1. The SMILES string of the molecule is Cc1ncc2cncc(C3CCN(C(=O)c4ccncc4)CC3)n12. The lowest BCUT2D eigenvalue weighted by Gasteiger charge is -2.32. The van der Waals surface area contributed by atoms with E-state index >= 15 is 0 Å². The van der Waals surface area contributed by atoms with Gasteiger partial charge in [0.15, 0.2) is 0 Å². The second-order valence-electron chi connectivity index (χ2n) is 6.20. The molecule has 0 radical (unpaired) electrons. The van der Waals surface area contributed by atoms with Crippen LogP contribution in [0.15, 0.2) is 43.1 Å². The largest absolute Gasteiger partial charge is 0.339 e. The number of carbonyl (C=O) groups excluding carboxylic acids is 1. The van der Waals surface area contributed by atoms with Gasteiger partial charge < -0.3 is 4.90 Å². The Morgan fingerprint density at radius 2 is 1.83 bits per heavy atom. The number of nitrogens with zero attached hydrogens (tertiary/aromatic N) is 5. The molecule has 1 saturated heterocycles. The highest BCUT2D eigenvalue weighted by molar-refractivity contribution is 5.94. The average molecular weight is 321 g/mol. The molecule has 0 aromatic carbocycles. The fourth-order valence-corrected chi connectivity index (χ4v) is 3.48. The van der Waals surface area contributed by atoms with E-state index in [9.17, 15) is 4.79 Å². The van der Waals surface area contributed by atoms with Crippen molar-refractivity contribution in [2.45, 2.75) is 25.7 Å². The van der Waals surface area contributed by atoms with Crippen molar-refractivity contribution in [2.24, 2.45) is 0 Å². The molecule has 0 unspecified atom stereocenters. The second-order valence-corrected chi connectivity index (χ2v) is 6.20. The van der Waals surface area contributed by atoms with Crippen molar-refractivity contribution in [1.82, 2.24) is 24.3 Å². The number of likely N-dealkylation sites (tertiary alicyclic amines) is 1. The van der Waals surface area contributed by atoms with E-state index in [0.29, 0.717) is 11.5 Å². The van der Waals surface area contributed by atoms with Gasteiger partial charge in [0, 0.05) is 48.9 Å². The van der Waals surface area contributed by atoms with Crippen molar-refractivity contribution in [3.05, 3.63) is 60.2 Å². The van der Waals surface area contributed by atoms with Gasteiger partial charge in [0.25, 0.3) is 5.91 Å². The van der Waals surface area contributed by atoms with E-state index in [1.54, 1.807) is 24.5 Å². The number of hydrogen-bond donors (Lipinski definition) is 0. The summed E-state index contributed by atoms with van der Waals surface area (Å²) in [5.74, 6) is 1.47. The van der Waals surface area contributed by atoms with Gasteiger partial charge in [-0.25, -0.2) is 4.98 Å². The van der Waals surface area contributed by atoms with Crippen LogP contribution in [0.1, 0.15) is 40.6 Å². The Morgan fingerprint density at radius 1 is 1.08 bits per heavy atom. The van der Waals surface area contributed by atoms with Crippen molar-refractivity contribution in [3.63, 3.8) is 0 Å². The predicted molar refractivity (Wildman–Crippen MR) is 89.8 cm³/mol. The molecule has 6 nitrogen and oxygen atoms in total. The van der Waals surface area contributed by atoms with Gasteiger partial charge in [0.05, 0.1) is 17.9 Å². The van der Waals surface area contributed by atoms with Crippen LogP contribution in [0.3, 0.4) is 0 Å². The highest BCUT2D eigenvalue weighted by atomic mass is 16.2. The number of aryl methyl sites for hydroxylation is 1. The number of rotatable bonds is 2. The van der Waals surface area contributed by atoms with Crippen LogP contribution < -0.4 is 0 Å². The van der Waals surface area contributed by atoms with E-state index < -0.39 is 0 Å². The molecule has 122 valence electrons. The standard InChI is InChI=1S/C18H19N5O/c1-13-21-11-16-10-20-12-17(23(13)16)14-4-8-22(9-5-14)18(24)15-2-6-19-7-3-15/h2-3,6-7,10-12,14H,4-5,8-9H2,1H3. The molecule has 0 saturated carbocycles. The number of carbonyl (C=O) groups is 1. The molecule has 0 N–H and O–H groups in total. The number of hydrogen-bond acceptors (Lipinski definition) is 4. The minimum atomic E-state index is 0.0889. The average Bonchev–Trinajstić information content (AvgIpc) is 3.03. The molecule has 3 aromatic rings. The highest BCUT2D eigenvalue weighted by Gasteiger charge is 2.26. The van der Waals surface area contributed by atoms with Crippen LogP contribution in [-0.4, -0.2) is 43.2 Å². The van der Waals surface area contributed by atoms with Gasteiger partial charge in [-0.3, -0.25) is 19.2 Å². The first kappa shape index (κ1) is 14.8. The van der Waals surface area contributed by atoms with Gasteiger partial charge in [-0.2, -0.15) is 0 Å². The third-order valence-electron chi connectivity index (χ3n) is 4.76. The monoisotopic (exact) mass is 321 g/mol. The van der Waals surface area contributed by atoms with Gasteiger partial charge in [-0.1, -0.05) is 0 Å². The minimum absolute atomic E-state index is 0.0889. The number of amides is 1. The van der Waals surface area contributed by atoms with Gasteiger partial charge in [-0.05, 0) is 31.9 Å². The Balaban J connectivity index is 1.52. The summed E-state index contributed by atoms with van der Waals surface area (Å²) in [6.07, 6.45) is 10.8. The van der Waals surface area contributed by atoms with Crippen LogP contribution in [-0.2, 0) is 0 Å². The molecular formula is C18H19N5O. The molecule has 0 bridgehead atoms. The van der Waals surface area contributed by atoms with Gasteiger partial charge in [0.1, 0.15) is 5.82 Å². The molecule has 0 aliphatic carbocycles. The van der Waals surface area contributed by atoms with Crippen molar-refractivity contribution in [1.29, 1.82) is 0 Å². The fraction of sp³-hybridized carbons (Fsp3) is 0.333. The summed E-state index contributed by atoms with van der Waals surface area (Å²) in [6.45, 7) is 3.53. The first-order chi connectivity index (χ1) is 11.7. The molecule has 1 amide bonds. The Kier molecular flexibility index (Phi) is 3.72. The summed E-state index contributed by atoms with van der Waals surface area (Å²) in [7, 11) is 0. The van der Waals surface area contributed by atoms with Crippen LogP contribution in [0.25, 0.3) is 5.52 Å². The second kappa shape index (κ2) is 6.03. The van der Waals surface area contributed by atoms with Crippen molar-refractivity contribution in [2.75, 3.05) is 13.1 Å². The smallest absolute Gasteiger partial charge is 0.253 e. The maximum atomic E-state index is 12.5. The molecule has 4 heterocycles. The molecule has 24 heavy (non-hydrogen) atoms. The molecule has 0 spiro atoms. The molecule has 6 heteroatoms. The van der Waals surface area contributed by atoms with Crippen molar-refractivity contribution in [3.8, 4) is 0 Å². The minimum Gasteiger partial charge on any atom is -0.339 e.